The van der Waals surface area contributed by atoms with Gasteiger partial charge in [0.2, 0.25) is 5.91 Å². The standard InChI is InChI=1S/C22H23N3O/c1-16-9-8-13-19(17(16)2)25-21(26)15-24-22(18-10-4-3-5-11-18)20-12-6-7-14-23-20/h3-14,22,24H,15H2,1-2H3,(H,25,26). The van der Waals surface area contributed by atoms with E-state index in [0.717, 1.165) is 28.1 Å². The maximum Gasteiger partial charge on any atom is 0.238 e. The normalized spacial score (nSPS) is 11.8. The fraction of sp³-hybridized carbons (Fsp3) is 0.182. The van der Waals surface area contributed by atoms with Gasteiger partial charge in [0.15, 0.2) is 0 Å². The molecule has 1 aromatic heterocycles. The van der Waals surface area contributed by atoms with Crippen molar-refractivity contribution in [3.05, 3.63) is 95.3 Å². The Bertz CT molecular complexity index is 824. The summed E-state index contributed by atoms with van der Waals surface area (Å²) in [4.78, 5) is 16.9. The van der Waals surface area contributed by atoms with Crippen LogP contribution >= 0.6 is 0 Å². The first kappa shape index (κ1) is 17.8. The van der Waals surface area contributed by atoms with E-state index in [1.165, 1.54) is 0 Å². The first-order chi connectivity index (χ1) is 12.6. The Morgan fingerprint density at radius 1 is 0.962 bits per heavy atom. The van der Waals surface area contributed by atoms with Crippen molar-refractivity contribution in [3.8, 4) is 0 Å². The Hall–Kier alpha value is -2.98. The third kappa shape index (κ3) is 4.35. The van der Waals surface area contributed by atoms with Crippen LogP contribution < -0.4 is 10.6 Å². The summed E-state index contributed by atoms with van der Waals surface area (Å²) in [5.41, 5.74) is 5.06. The van der Waals surface area contributed by atoms with Gasteiger partial charge in [-0.1, -0.05) is 48.5 Å². The largest absolute Gasteiger partial charge is 0.325 e. The lowest BCUT2D eigenvalue weighted by Crippen LogP contribution is -2.32. The van der Waals surface area contributed by atoms with Crippen LogP contribution in [-0.2, 0) is 4.79 Å². The number of anilines is 1. The summed E-state index contributed by atoms with van der Waals surface area (Å²) >= 11 is 0. The number of nitrogens with one attached hydrogen (secondary N) is 2. The first-order valence-electron chi connectivity index (χ1n) is 8.70. The van der Waals surface area contributed by atoms with E-state index in [4.69, 9.17) is 0 Å². The molecule has 0 aliphatic heterocycles. The van der Waals surface area contributed by atoms with E-state index in [2.05, 4.69) is 15.6 Å². The molecule has 26 heavy (non-hydrogen) atoms. The molecule has 1 unspecified atom stereocenters. The zero-order valence-corrected chi connectivity index (χ0v) is 15.1. The average molecular weight is 345 g/mol. The number of carbonyl (C=O) groups excluding carboxylic acids is 1. The number of rotatable bonds is 6. The van der Waals surface area contributed by atoms with E-state index >= 15 is 0 Å². The van der Waals surface area contributed by atoms with Gasteiger partial charge in [-0.3, -0.25) is 15.1 Å². The first-order valence-corrected chi connectivity index (χ1v) is 8.70. The lowest BCUT2D eigenvalue weighted by atomic mass is 10.0. The molecule has 0 spiro atoms. The minimum Gasteiger partial charge on any atom is -0.325 e. The van der Waals surface area contributed by atoms with Gasteiger partial charge < -0.3 is 5.32 Å². The number of benzene rings is 2. The topological polar surface area (TPSA) is 54.0 Å². The summed E-state index contributed by atoms with van der Waals surface area (Å²) in [6, 6.07) is 21.6. The fourth-order valence-electron chi connectivity index (χ4n) is 2.86. The van der Waals surface area contributed by atoms with Gasteiger partial charge in [0.1, 0.15) is 0 Å². The van der Waals surface area contributed by atoms with Gasteiger partial charge in [-0.25, -0.2) is 0 Å². The predicted molar refractivity (Wildman–Crippen MR) is 105 cm³/mol. The lowest BCUT2D eigenvalue weighted by Gasteiger charge is -2.19. The van der Waals surface area contributed by atoms with Gasteiger partial charge >= 0.3 is 0 Å². The molecular weight excluding hydrogens is 322 g/mol. The van der Waals surface area contributed by atoms with Crippen molar-refractivity contribution in [1.82, 2.24) is 10.3 Å². The number of nitrogens with zero attached hydrogens (tertiary/aromatic N) is 1. The van der Waals surface area contributed by atoms with Crippen molar-refractivity contribution in [3.63, 3.8) is 0 Å². The predicted octanol–water partition coefficient (Wildman–Crippen LogP) is 4.02. The van der Waals surface area contributed by atoms with E-state index in [1.54, 1.807) is 6.20 Å². The molecule has 0 fully saturated rings. The Morgan fingerprint density at radius 3 is 2.46 bits per heavy atom. The second kappa shape index (κ2) is 8.41. The third-order valence-electron chi connectivity index (χ3n) is 4.46. The molecule has 0 radical (unpaired) electrons. The van der Waals surface area contributed by atoms with Crippen molar-refractivity contribution in [2.45, 2.75) is 19.9 Å². The second-order valence-electron chi connectivity index (χ2n) is 6.27. The third-order valence-corrected chi connectivity index (χ3v) is 4.46. The molecule has 0 aliphatic carbocycles. The minimum absolute atomic E-state index is 0.0736. The summed E-state index contributed by atoms with van der Waals surface area (Å²) in [5.74, 6) is -0.0736. The Balaban J connectivity index is 1.72. The molecule has 3 aromatic rings. The molecule has 4 nitrogen and oxygen atoms in total. The van der Waals surface area contributed by atoms with Gasteiger partial charge in [-0.15, -0.1) is 0 Å². The highest BCUT2D eigenvalue weighted by Gasteiger charge is 2.16. The molecule has 1 atom stereocenters. The van der Waals surface area contributed by atoms with Gasteiger partial charge in [0.05, 0.1) is 18.3 Å². The zero-order valence-electron chi connectivity index (χ0n) is 15.1. The van der Waals surface area contributed by atoms with Gasteiger partial charge in [-0.2, -0.15) is 0 Å². The zero-order chi connectivity index (χ0) is 18.4. The van der Waals surface area contributed by atoms with Crippen LogP contribution in [0.25, 0.3) is 0 Å². The molecule has 3 rings (SSSR count). The summed E-state index contributed by atoms with van der Waals surface area (Å²) in [7, 11) is 0. The van der Waals surface area contributed by atoms with E-state index in [1.807, 2.05) is 80.6 Å². The van der Waals surface area contributed by atoms with Crippen LogP contribution in [0.5, 0.6) is 0 Å². The molecule has 0 bridgehead atoms. The Kier molecular flexibility index (Phi) is 5.77. The molecule has 1 amide bonds. The number of pyridine rings is 1. The monoisotopic (exact) mass is 345 g/mol. The van der Waals surface area contributed by atoms with Crippen LogP contribution in [0.4, 0.5) is 5.69 Å². The van der Waals surface area contributed by atoms with Crippen LogP contribution in [0, 0.1) is 13.8 Å². The van der Waals surface area contributed by atoms with Crippen molar-refractivity contribution >= 4 is 11.6 Å². The summed E-state index contributed by atoms with van der Waals surface area (Å²) < 4.78 is 0. The highest BCUT2D eigenvalue weighted by Crippen LogP contribution is 2.20. The van der Waals surface area contributed by atoms with E-state index in [0.29, 0.717) is 0 Å². The highest BCUT2D eigenvalue weighted by atomic mass is 16.1. The van der Waals surface area contributed by atoms with Gasteiger partial charge in [-0.05, 0) is 48.7 Å². The second-order valence-corrected chi connectivity index (χ2v) is 6.27. The van der Waals surface area contributed by atoms with Gasteiger partial charge in [0.25, 0.3) is 0 Å². The van der Waals surface area contributed by atoms with Crippen molar-refractivity contribution in [2.24, 2.45) is 0 Å². The van der Waals surface area contributed by atoms with Crippen LogP contribution in [0.1, 0.15) is 28.4 Å². The number of carbonyl (C=O) groups is 1. The number of aryl methyl sites for hydroxylation is 1. The molecule has 0 aliphatic rings. The molecule has 4 heteroatoms. The lowest BCUT2D eigenvalue weighted by molar-refractivity contribution is -0.115. The molecule has 2 N–H and O–H groups in total. The quantitative estimate of drug-likeness (QED) is 0.709. The van der Waals surface area contributed by atoms with E-state index < -0.39 is 0 Å². The van der Waals surface area contributed by atoms with Crippen LogP contribution in [0.2, 0.25) is 0 Å². The van der Waals surface area contributed by atoms with Gasteiger partial charge in [0, 0.05) is 11.9 Å². The molecule has 132 valence electrons. The summed E-state index contributed by atoms with van der Waals surface area (Å²) in [5, 5.41) is 6.32. The fourth-order valence-corrected chi connectivity index (χ4v) is 2.86. The van der Waals surface area contributed by atoms with Crippen LogP contribution in [0.3, 0.4) is 0 Å². The average Bonchev–Trinajstić information content (AvgIpc) is 2.67. The summed E-state index contributed by atoms with van der Waals surface area (Å²) in [6.45, 7) is 4.25. The smallest absolute Gasteiger partial charge is 0.238 e. The molecule has 0 saturated heterocycles. The number of amides is 1. The van der Waals surface area contributed by atoms with E-state index in [9.17, 15) is 4.79 Å². The maximum absolute atomic E-state index is 12.4. The molecule has 0 saturated carbocycles. The van der Waals surface area contributed by atoms with Crippen molar-refractivity contribution < 1.29 is 4.79 Å². The number of aromatic nitrogens is 1. The molecule has 1 heterocycles. The number of hydrogen-bond donors (Lipinski definition) is 2. The van der Waals surface area contributed by atoms with E-state index in [-0.39, 0.29) is 18.5 Å². The van der Waals surface area contributed by atoms with Crippen LogP contribution in [0.15, 0.2) is 72.9 Å². The van der Waals surface area contributed by atoms with Crippen molar-refractivity contribution in [2.75, 3.05) is 11.9 Å². The Morgan fingerprint density at radius 2 is 1.73 bits per heavy atom. The van der Waals surface area contributed by atoms with Crippen LogP contribution in [-0.4, -0.2) is 17.4 Å². The SMILES string of the molecule is Cc1cccc(NC(=O)CNC(c2ccccc2)c2ccccn2)c1C. The number of hydrogen-bond acceptors (Lipinski definition) is 3. The van der Waals surface area contributed by atoms with Crippen molar-refractivity contribution in [1.29, 1.82) is 0 Å². The Labute approximate surface area is 154 Å². The molecule has 2 aromatic carbocycles. The summed E-state index contributed by atoms with van der Waals surface area (Å²) in [6.07, 6.45) is 1.77. The highest BCUT2D eigenvalue weighted by molar-refractivity contribution is 5.93. The minimum atomic E-state index is -0.137. The molecular formula is C22H23N3O. The maximum atomic E-state index is 12.4.